The van der Waals surface area contributed by atoms with Gasteiger partial charge in [-0.2, -0.15) is 0 Å². The van der Waals surface area contributed by atoms with E-state index in [4.69, 9.17) is 4.74 Å². The van der Waals surface area contributed by atoms with Gasteiger partial charge in [0.1, 0.15) is 0 Å². The molecule has 2 heterocycles. The Bertz CT molecular complexity index is 450. The third-order valence-electron chi connectivity index (χ3n) is 4.05. The highest BCUT2D eigenvalue weighted by atomic mass is 32.1. The van der Waals surface area contributed by atoms with E-state index in [9.17, 15) is 0 Å². The summed E-state index contributed by atoms with van der Waals surface area (Å²) in [5.41, 5.74) is 1.67. The molecule has 1 aromatic heterocycles. The molecule has 1 N–H and O–H groups in total. The Morgan fingerprint density at radius 2 is 2.19 bits per heavy atom. The van der Waals surface area contributed by atoms with Crippen molar-refractivity contribution in [3.05, 3.63) is 21.4 Å². The van der Waals surface area contributed by atoms with E-state index in [1.165, 1.54) is 34.7 Å². The highest BCUT2D eigenvalue weighted by Crippen LogP contribution is 2.25. The lowest BCUT2D eigenvalue weighted by Crippen LogP contribution is -2.38. The number of nitrogens with one attached hydrogen (secondary N) is 1. The number of methoxy groups -OCH3 is 1. The maximum Gasteiger partial charge on any atom is 0.0698 e. The molecule has 1 unspecified atom stereocenters. The number of rotatable bonds is 5. The number of likely N-dealkylation sites (tertiary alicyclic amines) is 1. The molecule has 1 aliphatic heterocycles. The molecule has 1 aliphatic rings. The Balaban J connectivity index is 1.92. The van der Waals surface area contributed by atoms with E-state index in [0.717, 1.165) is 19.6 Å². The molecule has 1 saturated heterocycles. The first kappa shape index (κ1) is 16.9. The standard InChI is InChI=1S/C17H30N2OS/c1-13-14(9-16(21-13)10-18-17(2,3)4)11-19-8-6-7-15(12-19)20-5/h9,15,18H,6-8,10-12H2,1-5H3. The van der Waals surface area contributed by atoms with Gasteiger partial charge in [0.05, 0.1) is 6.10 Å². The molecule has 1 atom stereocenters. The first-order valence-corrected chi connectivity index (χ1v) is 8.77. The Hall–Kier alpha value is -0.420. The number of ether oxygens (including phenoxy) is 1. The summed E-state index contributed by atoms with van der Waals surface area (Å²) >= 11 is 1.93. The van der Waals surface area contributed by atoms with Crippen molar-refractivity contribution in [1.29, 1.82) is 0 Å². The Labute approximate surface area is 133 Å². The second-order valence-electron chi connectivity index (χ2n) is 7.13. The first-order valence-electron chi connectivity index (χ1n) is 7.96. The van der Waals surface area contributed by atoms with E-state index >= 15 is 0 Å². The molecule has 0 aromatic carbocycles. The van der Waals surface area contributed by atoms with Gasteiger partial charge in [-0.05, 0) is 58.7 Å². The fraction of sp³-hybridized carbons (Fsp3) is 0.765. The van der Waals surface area contributed by atoms with E-state index in [0.29, 0.717) is 6.10 Å². The summed E-state index contributed by atoms with van der Waals surface area (Å²) in [6.07, 6.45) is 2.87. The fourth-order valence-corrected chi connectivity index (χ4v) is 3.77. The van der Waals surface area contributed by atoms with Crippen molar-refractivity contribution in [3.8, 4) is 0 Å². The molecule has 4 heteroatoms. The minimum absolute atomic E-state index is 0.177. The predicted octanol–water partition coefficient (Wildman–Crippen LogP) is 3.56. The highest BCUT2D eigenvalue weighted by molar-refractivity contribution is 7.12. The van der Waals surface area contributed by atoms with Crippen molar-refractivity contribution in [2.24, 2.45) is 0 Å². The van der Waals surface area contributed by atoms with Crippen LogP contribution in [0.4, 0.5) is 0 Å². The number of hydrogen-bond acceptors (Lipinski definition) is 4. The summed E-state index contributed by atoms with van der Waals surface area (Å²) in [5, 5.41) is 3.58. The average Bonchev–Trinajstić information content (AvgIpc) is 2.77. The van der Waals surface area contributed by atoms with Crippen LogP contribution < -0.4 is 5.32 Å². The van der Waals surface area contributed by atoms with Crippen molar-refractivity contribution in [1.82, 2.24) is 10.2 Å². The molecule has 0 bridgehead atoms. The topological polar surface area (TPSA) is 24.5 Å². The number of thiophene rings is 1. The van der Waals surface area contributed by atoms with Crippen LogP contribution in [0.5, 0.6) is 0 Å². The maximum absolute atomic E-state index is 5.52. The van der Waals surface area contributed by atoms with E-state index in [1.54, 1.807) is 0 Å². The summed E-state index contributed by atoms with van der Waals surface area (Å²) in [6, 6.07) is 2.38. The minimum Gasteiger partial charge on any atom is -0.380 e. The molecule has 21 heavy (non-hydrogen) atoms. The molecule has 2 rings (SSSR count). The van der Waals surface area contributed by atoms with Crippen LogP contribution in [0.25, 0.3) is 0 Å². The van der Waals surface area contributed by atoms with Gasteiger partial charge in [0.25, 0.3) is 0 Å². The molecule has 0 radical (unpaired) electrons. The zero-order chi connectivity index (χ0) is 15.5. The molecular weight excluding hydrogens is 280 g/mol. The molecule has 3 nitrogen and oxygen atoms in total. The summed E-state index contributed by atoms with van der Waals surface area (Å²) in [5.74, 6) is 0. The van der Waals surface area contributed by atoms with Crippen molar-refractivity contribution < 1.29 is 4.74 Å². The molecule has 0 spiro atoms. The number of piperidine rings is 1. The zero-order valence-corrected chi connectivity index (χ0v) is 15.0. The van der Waals surface area contributed by atoms with Crippen molar-refractivity contribution >= 4 is 11.3 Å². The van der Waals surface area contributed by atoms with Gasteiger partial charge in [0, 0.05) is 42.0 Å². The lowest BCUT2D eigenvalue weighted by molar-refractivity contribution is 0.0285. The van der Waals surface area contributed by atoms with Crippen molar-refractivity contribution in [2.45, 2.75) is 65.3 Å². The summed E-state index contributed by atoms with van der Waals surface area (Å²) < 4.78 is 5.52. The molecular formula is C17H30N2OS. The van der Waals surface area contributed by atoms with Gasteiger partial charge in [-0.25, -0.2) is 0 Å². The third-order valence-corrected chi connectivity index (χ3v) is 5.15. The SMILES string of the molecule is COC1CCCN(Cc2cc(CNC(C)(C)C)sc2C)C1. The Kier molecular flexibility index (Phi) is 5.83. The quantitative estimate of drug-likeness (QED) is 0.900. The Morgan fingerprint density at radius 1 is 1.43 bits per heavy atom. The van der Waals surface area contributed by atoms with Gasteiger partial charge in [0.15, 0.2) is 0 Å². The second-order valence-corrected chi connectivity index (χ2v) is 8.47. The molecule has 1 fully saturated rings. The van der Waals surface area contributed by atoms with E-state index in [2.05, 4.69) is 44.0 Å². The van der Waals surface area contributed by atoms with E-state index in [1.807, 2.05) is 18.4 Å². The fourth-order valence-electron chi connectivity index (χ4n) is 2.77. The van der Waals surface area contributed by atoms with Crippen molar-refractivity contribution in [3.63, 3.8) is 0 Å². The van der Waals surface area contributed by atoms with Crippen LogP contribution in [0, 0.1) is 6.92 Å². The lowest BCUT2D eigenvalue weighted by atomic mass is 10.1. The molecule has 0 amide bonds. The van der Waals surface area contributed by atoms with Crippen LogP contribution in [0.1, 0.15) is 48.9 Å². The van der Waals surface area contributed by atoms with Crippen LogP contribution in [-0.2, 0) is 17.8 Å². The maximum atomic E-state index is 5.52. The van der Waals surface area contributed by atoms with Crippen LogP contribution in [0.3, 0.4) is 0 Å². The monoisotopic (exact) mass is 310 g/mol. The third kappa shape index (κ3) is 5.37. The minimum atomic E-state index is 0.177. The number of hydrogen-bond donors (Lipinski definition) is 1. The van der Waals surface area contributed by atoms with Gasteiger partial charge in [-0.3, -0.25) is 4.90 Å². The number of aryl methyl sites for hydroxylation is 1. The number of nitrogens with zero attached hydrogens (tertiary/aromatic N) is 1. The van der Waals surface area contributed by atoms with Gasteiger partial charge in [-0.15, -0.1) is 11.3 Å². The summed E-state index contributed by atoms with van der Waals surface area (Å²) in [6.45, 7) is 13.2. The Morgan fingerprint density at radius 3 is 2.86 bits per heavy atom. The van der Waals surface area contributed by atoms with E-state index < -0.39 is 0 Å². The van der Waals surface area contributed by atoms with Crippen LogP contribution in [-0.4, -0.2) is 36.7 Å². The molecule has 1 aromatic rings. The van der Waals surface area contributed by atoms with Gasteiger partial charge >= 0.3 is 0 Å². The van der Waals surface area contributed by atoms with Crippen molar-refractivity contribution in [2.75, 3.05) is 20.2 Å². The molecule has 0 aliphatic carbocycles. The van der Waals surface area contributed by atoms with Gasteiger partial charge in [0.2, 0.25) is 0 Å². The average molecular weight is 311 g/mol. The summed E-state index contributed by atoms with van der Waals surface area (Å²) in [7, 11) is 1.83. The first-order chi connectivity index (χ1) is 9.87. The largest absolute Gasteiger partial charge is 0.380 e. The van der Waals surface area contributed by atoms with Crippen LogP contribution in [0.2, 0.25) is 0 Å². The highest BCUT2D eigenvalue weighted by Gasteiger charge is 2.20. The second kappa shape index (κ2) is 7.23. The van der Waals surface area contributed by atoms with Gasteiger partial charge < -0.3 is 10.1 Å². The van der Waals surface area contributed by atoms with Crippen LogP contribution >= 0.6 is 11.3 Å². The van der Waals surface area contributed by atoms with E-state index in [-0.39, 0.29) is 5.54 Å². The zero-order valence-electron chi connectivity index (χ0n) is 14.2. The smallest absolute Gasteiger partial charge is 0.0698 e. The lowest BCUT2D eigenvalue weighted by Gasteiger charge is -2.31. The normalized spacial score (nSPS) is 20.9. The predicted molar refractivity (Wildman–Crippen MR) is 91.0 cm³/mol. The van der Waals surface area contributed by atoms with Gasteiger partial charge in [-0.1, -0.05) is 0 Å². The molecule has 0 saturated carbocycles. The summed E-state index contributed by atoms with van der Waals surface area (Å²) in [4.78, 5) is 5.44. The molecule has 120 valence electrons. The van der Waals surface area contributed by atoms with Crippen LogP contribution in [0.15, 0.2) is 6.07 Å².